The van der Waals surface area contributed by atoms with E-state index in [1.165, 1.54) is 5.56 Å². The summed E-state index contributed by atoms with van der Waals surface area (Å²) < 4.78 is 39.4. The zero-order chi connectivity index (χ0) is 15.2. The summed E-state index contributed by atoms with van der Waals surface area (Å²) in [6.45, 7) is 2.25. The number of halogens is 3. The highest BCUT2D eigenvalue weighted by Gasteiger charge is 2.09. The Morgan fingerprint density at radius 1 is 0.905 bits per heavy atom. The Morgan fingerprint density at radius 3 is 2.24 bits per heavy atom. The Balaban J connectivity index is 1.98. The molecule has 0 saturated carbocycles. The minimum atomic E-state index is -1.17. The number of nitrogens with one attached hydrogen (secondary N) is 1. The Bertz CT molecular complexity index is 594. The fourth-order valence-electron chi connectivity index (χ4n) is 2.07. The normalized spacial score (nSPS) is 10.7. The topological polar surface area (TPSA) is 12.0 Å². The van der Waals surface area contributed by atoms with E-state index in [9.17, 15) is 13.2 Å². The predicted octanol–water partition coefficient (Wildman–Crippen LogP) is 5.06. The third-order valence-electron chi connectivity index (χ3n) is 3.35. The van der Waals surface area contributed by atoms with Crippen molar-refractivity contribution >= 4 is 5.69 Å². The van der Waals surface area contributed by atoms with Crippen LogP contribution in [-0.2, 0) is 13.0 Å². The van der Waals surface area contributed by atoms with Crippen LogP contribution >= 0.6 is 0 Å². The lowest BCUT2D eigenvalue weighted by molar-refractivity contribution is 0.490. The highest BCUT2D eigenvalue weighted by molar-refractivity contribution is 5.45. The van der Waals surface area contributed by atoms with Crippen LogP contribution in [0.2, 0.25) is 0 Å². The van der Waals surface area contributed by atoms with Gasteiger partial charge in [0.25, 0.3) is 0 Å². The average molecular weight is 293 g/mol. The molecular weight excluding hydrogens is 275 g/mol. The van der Waals surface area contributed by atoms with E-state index in [2.05, 4.69) is 12.2 Å². The van der Waals surface area contributed by atoms with Gasteiger partial charge in [0.1, 0.15) is 5.82 Å². The predicted molar refractivity (Wildman–Crippen MR) is 78.7 cm³/mol. The Hall–Kier alpha value is -1.97. The molecule has 0 spiro atoms. The van der Waals surface area contributed by atoms with Gasteiger partial charge in [-0.3, -0.25) is 0 Å². The van der Waals surface area contributed by atoms with Gasteiger partial charge in [0.2, 0.25) is 0 Å². The number of benzene rings is 2. The van der Waals surface area contributed by atoms with Crippen LogP contribution in [0.3, 0.4) is 0 Å². The first-order valence-electron chi connectivity index (χ1n) is 7.06. The van der Waals surface area contributed by atoms with Crippen molar-refractivity contribution in [3.8, 4) is 0 Å². The van der Waals surface area contributed by atoms with Crippen LogP contribution in [0.15, 0.2) is 36.4 Å². The maximum absolute atomic E-state index is 13.5. The summed E-state index contributed by atoms with van der Waals surface area (Å²) in [5, 5.41) is 3.00. The van der Waals surface area contributed by atoms with Gasteiger partial charge in [-0.1, -0.05) is 25.5 Å². The van der Waals surface area contributed by atoms with E-state index in [4.69, 9.17) is 0 Å². The molecule has 0 aliphatic rings. The van der Waals surface area contributed by atoms with E-state index in [-0.39, 0.29) is 12.1 Å². The molecule has 0 aliphatic carbocycles. The zero-order valence-electron chi connectivity index (χ0n) is 11.9. The molecule has 0 radical (unpaired) electrons. The van der Waals surface area contributed by atoms with Gasteiger partial charge in [-0.05, 0) is 36.6 Å². The second kappa shape index (κ2) is 7.16. The van der Waals surface area contributed by atoms with Crippen molar-refractivity contribution in [2.75, 3.05) is 5.32 Å². The smallest absolute Gasteiger partial charge is 0.161 e. The average Bonchev–Trinajstić information content (AvgIpc) is 2.48. The van der Waals surface area contributed by atoms with Gasteiger partial charge in [-0.15, -0.1) is 0 Å². The summed E-state index contributed by atoms with van der Waals surface area (Å²) in [6.07, 6.45) is 3.33. The van der Waals surface area contributed by atoms with Gasteiger partial charge in [0, 0.05) is 23.9 Å². The van der Waals surface area contributed by atoms with Gasteiger partial charge in [0.15, 0.2) is 11.6 Å². The molecule has 112 valence electrons. The first-order chi connectivity index (χ1) is 10.1. The van der Waals surface area contributed by atoms with Crippen LogP contribution in [0.4, 0.5) is 18.9 Å². The maximum Gasteiger partial charge on any atom is 0.161 e. The van der Waals surface area contributed by atoms with Crippen LogP contribution in [-0.4, -0.2) is 0 Å². The molecule has 0 fully saturated rings. The lowest BCUT2D eigenvalue weighted by Crippen LogP contribution is -2.03. The standard InChI is InChI=1S/C17H18F3N/c1-2-3-4-12-5-7-14(8-6-12)21-11-13-9-16(19)17(20)10-15(13)18/h5-10,21H,2-4,11H2,1H3. The Labute approximate surface area is 122 Å². The molecular formula is C17H18F3N. The van der Waals surface area contributed by atoms with Crippen LogP contribution in [0.25, 0.3) is 0 Å². The highest BCUT2D eigenvalue weighted by Crippen LogP contribution is 2.17. The SMILES string of the molecule is CCCCc1ccc(NCc2cc(F)c(F)cc2F)cc1. The Morgan fingerprint density at radius 2 is 1.57 bits per heavy atom. The molecule has 0 saturated heterocycles. The molecule has 4 heteroatoms. The molecule has 0 bridgehead atoms. The molecule has 0 unspecified atom stereocenters. The van der Waals surface area contributed by atoms with Crippen LogP contribution in [0.5, 0.6) is 0 Å². The molecule has 0 atom stereocenters. The summed E-state index contributed by atoms with van der Waals surface area (Å²) in [5.41, 5.74) is 2.17. The summed E-state index contributed by atoms with van der Waals surface area (Å²) in [6, 6.07) is 9.29. The fraction of sp³-hybridized carbons (Fsp3) is 0.294. The fourth-order valence-corrected chi connectivity index (χ4v) is 2.07. The number of anilines is 1. The molecule has 0 aliphatic heterocycles. The largest absolute Gasteiger partial charge is 0.381 e. The van der Waals surface area contributed by atoms with Gasteiger partial charge >= 0.3 is 0 Å². The third-order valence-corrected chi connectivity index (χ3v) is 3.35. The molecule has 0 aromatic heterocycles. The molecule has 0 heterocycles. The second-order valence-electron chi connectivity index (χ2n) is 5.01. The molecule has 2 aromatic carbocycles. The zero-order valence-corrected chi connectivity index (χ0v) is 11.9. The molecule has 1 N–H and O–H groups in total. The van der Waals surface area contributed by atoms with Crippen LogP contribution in [0.1, 0.15) is 30.9 Å². The van der Waals surface area contributed by atoms with Crippen molar-refractivity contribution in [1.82, 2.24) is 0 Å². The first kappa shape index (κ1) is 15.4. The highest BCUT2D eigenvalue weighted by atomic mass is 19.2. The van der Waals surface area contributed by atoms with E-state index in [0.717, 1.165) is 31.0 Å². The van der Waals surface area contributed by atoms with Crippen molar-refractivity contribution < 1.29 is 13.2 Å². The second-order valence-corrected chi connectivity index (χ2v) is 5.01. The first-order valence-corrected chi connectivity index (χ1v) is 7.06. The van der Waals surface area contributed by atoms with Crippen LogP contribution in [0, 0.1) is 17.5 Å². The number of unbranched alkanes of at least 4 members (excludes halogenated alkanes) is 1. The van der Waals surface area contributed by atoms with Crippen molar-refractivity contribution in [3.05, 3.63) is 65.0 Å². The number of hydrogen-bond acceptors (Lipinski definition) is 1. The molecule has 2 rings (SSSR count). The summed E-state index contributed by atoms with van der Waals surface area (Å²) >= 11 is 0. The maximum atomic E-state index is 13.5. The summed E-state index contributed by atoms with van der Waals surface area (Å²) in [7, 11) is 0. The van der Waals surface area contributed by atoms with Gasteiger partial charge in [-0.25, -0.2) is 13.2 Å². The van der Waals surface area contributed by atoms with Gasteiger partial charge in [0.05, 0.1) is 0 Å². The van der Waals surface area contributed by atoms with E-state index in [1.54, 1.807) is 0 Å². The van der Waals surface area contributed by atoms with E-state index in [0.29, 0.717) is 6.07 Å². The van der Waals surface area contributed by atoms with E-state index in [1.807, 2.05) is 24.3 Å². The molecule has 1 nitrogen and oxygen atoms in total. The van der Waals surface area contributed by atoms with Gasteiger partial charge < -0.3 is 5.32 Å². The lowest BCUT2D eigenvalue weighted by Gasteiger charge is -2.09. The van der Waals surface area contributed by atoms with Crippen molar-refractivity contribution in [2.45, 2.75) is 32.7 Å². The van der Waals surface area contributed by atoms with Crippen molar-refractivity contribution in [3.63, 3.8) is 0 Å². The quantitative estimate of drug-likeness (QED) is 0.734. The van der Waals surface area contributed by atoms with Crippen molar-refractivity contribution in [1.29, 1.82) is 0 Å². The molecule has 0 amide bonds. The number of hydrogen-bond donors (Lipinski definition) is 1. The summed E-state index contributed by atoms with van der Waals surface area (Å²) in [5.74, 6) is -2.96. The van der Waals surface area contributed by atoms with Crippen LogP contribution < -0.4 is 5.32 Å². The monoisotopic (exact) mass is 293 g/mol. The third kappa shape index (κ3) is 4.25. The summed E-state index contributed by atoms with van der Waals surface area (Å²) in [4.78, 5) is 0. The molecule has 2 aromatic rings. The van der Waals surface area contributed by atoms with E-state index < -0.39 is 17.5 Å². The minimum Gasteiger partial charge on any atom is -0.381 e. The molecule has 21 heavy (non-hydrogen) atoms. The number of rotatable bonds is 6. The minimum absolute atomic E-state index is 0.101. The number of aryl methyl sites for hydroxylation is 1. The van der Waals surface area contributed by atoms with Crippen molar-refractivity contribution in [2.24, 2.45) is 0 Å². The lowest BCUT2D eigenvalue weighted by atomic mass is 10.1. The van der Waals surface area contributed by atoms with Gasteiger partial charge in [-0.2, -0.15) is 0 Å². The Kier molecular flexibility index (Phi) is 5.26. The van der Waals surface area contributed by atoms with E-state index >= 15 is 0 Å².